The molecule has 2 N–H and O–H groups in total. The predicted octanol–water partition coefficient (Wildman–Crippen LogP) is 2.34. The zero-order chi connectivity index (χ0) is 29.2. The van der Waals surface area contributed by atoms with Crippen LogP contribution in [0.4, 0.5) is 0 Å². The molecule has 0 aromatic carbocycles. The molecule has 0 saturated heterocycles. The molecule has 5 fully saturated rings. The van der Waals surface area contributed by atoms with Crippen molar-refractivity contribution in [3.05, 3.63) is 33.4 Å². The third-order valence-corrected chi connectivity index (χ3v) is 13.1. The van der Waals surface area contributed by atoms with Gasteiger partial charge in [0.1, 0.15) is 12.7 Å². The average molecular weight is 565 g/mol. The van der Waals surface area contributed by atoms with Gasteiger partial charge in [-0.05, 0) is 85.2 Å². The molecule has 8 aliphatic rings. The zero-order valence-electron chi connectivity index (χ0n) is 24.0. The fourth-order valence-electron chi connectivity index (χ4n) is 11.2. The summed E-state index contributed by atoms with van der Waals surface area (Å²) >= 11 is 0. The van der Waals surface area contributed by atoms with E-state index in [1.165, 1.54) is 21.0 Å². The Bertz CT molecular complexity index is 1500. The Morgan fingerprint density at radius 1 is 1.07 bits per heavy atom. The van der Waals surface area contributed by atoms with Crippen molar-refractivity contribution in [1.29, 1.82) is 0 Å². The number of aliphatic hydroxyl groups is 2. The highest BCUT2D eigenvalue weighted by atomic mass is 16.6. The Morgan fingerprint density at radius 2 is 1.80 bits per heavy atom. The fraction of sp³-hybridized carbons (Fsp3) is 0.688. The molecule has 5 saturated carbocycles. The summed E-state index contributed by atoms with van der Waals surface area (Å²) in [4.78, 5) is 53.0. The number of Topliss-reactive ketones (excluding diaryl/α,β-unsaturated/α-hetero) is 1. The van der Waals surface area contributed by atoms with Crippen molar-refractivity contribution in [2.45, 2.75) is 77.1 Å². The van der Waals surface area contributed by atoms with Crippen LogP contribution in [0.3, 0.4) is 0 Å². The van der Waals surface area contributed by atoms with Crippen LogP contribution in [0.5, 0.6) is 0 Å². The Morgan fingerprint density at radius 3 is 2.49 bits per heavy atom. The van der Waals surface area contributed by atoms with Crippen LogP contribution in [0.25, 0.3) is 0 Å². The van der Waals surface area contributed by atoms with E-state index in [9.17, 15) is 29.4 Å². The lowest BCUT2D eigenvalue weighted by atomic mass is 9.43. The number of fused-ring (bicyclic) bond motifs is 7. The van der Waals surface area contributed by atoms with Crippen LogP contribution in [-0.4, -0.2) is 64.9 Å². The molecule has 1 spiro atoms. The van der Waals surface area contributed by atoms with Gasteiger partial charge < -0.3 is 24.4 Å². The van der Waals surface area contributed by atoms with E-state index >= 15 is 0 Å². The van der Waals surface area contributed by atoms with E-state index in [-0.39, 0.29) is 52.4 Å². The van der Waals surface area contributed by atoms with E-state index in [2.05, 4.69) is 6.92 Å². The first-order chi connectivity index (χ1) is 19.3. The summed E-state index contributed by atoms with van der Waals surface area (Å²) in [5.41, 5.74) is -2.12. The van der Waals surface area contributed by atoms with Gasteiger partial charge >= 0.3 is 17.9 Å². The summed E-state index contributed by atoms with van der Waals surface area (Å²) in [6.45, 7) is 6.65. The number of hydrogen-bond donors (Lipinski definition) is 2. The minimum absolute atomic E-state index is 0.00678. The Labute approximate surface area is 238 Å². The molecular formula is C32H36O9. The second-order valence-electron chi connectivity index (χ2n) is 14.4. The second kappa shape index (κ2) is 7.40. The minimum atomic E-state index is -1.45. The van der Waals surface area contributed by atoms with Gasteiger partial charge in [0.2, 0.25) is 0 Å². The van der Waals surface area contributed by atoms with Gasteiger partial charge in [-0.15, -0.1) is 0 Å². The third kappa shape index (κ3) is 2.64. The monoisotopic (exact) mass is 564 g/mol. The molecule has 1 heterocycles. The molecule has 218 valence electrons. The quantitative estimate of drug-likeness (QED) is 0.301. The van der Waals surface area contributed by atoms with Crippen molar-refractivity contribution in [3.63, 3.8) is 0 Å². The number of ether oxygens (including phenoxy) is 3. The first kappa shape index (κ1) is 25.9. The van der Waals surface area contributed by atoms with Gasteiger partial charge in [0.15, 0.2) is 11.4 Å². The van der Waals surface area contributed by atoms with Crippen molar-refractivity contribution in [3.8, 4) is 0 Å². The van der Waals surface area contributed by atoms with Gasteiger partial charge in [-0.1, -0.05) is 13.8 Å². The fourth-order valence-corrected chi connectivity index (χ4v) is 11.2. The maximum absolute atomic E-state index is 14.3. The lowest BCUT2D eigenvalue weighted by Crippen LogP contribution is -2.65. The maximum Gasteiger partial charge on any atom is 0.338 e. The highest BCUT2D eigenvalue weighted by molar-refractivity contribution is 6.12. The SMILES string of the molecule is COC(=O)/C(C)=C1/C(=O)[C@H](O)[C@]2(C)C3=C1[C@]14OC(=O)C(COC(C)=O)=C1C[C@H]1C[C@H]5C[C@H]5[C@]1(C)[C@@H]4C[C@]3(O)[C@H]1C[C@H]12. The molecule has 1 aliphatic heterocycles. The summed E-state index contributed by atoms with van der Waals surface area (Å²) in [6.07, 6.45) is 2.24. The Balaban J connectivity index is 1.49. The molecule has 7 aliphatic carbocycles. The largest absolute Gasteiger partial charge is 0.466 e. The number of carbonyl (C=O) groups excluding carboxylic acids is 4. The van der Waals surface area contributed by atoms with Crippen molar-refractivity contribution in [2.24, 2.45) is 46.3 Å². The second-order valence-corrected chi connectivity index (χ2v) is 14.4. The summed E-state index contributed by atoms with van der Waals surface area (Å²) < 4.78 is 17.0. The molecule has 0 aromatic heterocycles. The van der Waals surface area contributed by atoms with Crippen molar-refractivity contribution >= 4 is 23.7 Å². The van der Waals surface area contributed by atoms with Gasteiger partial charge in [0, 0.05) is 35.0 Å². The maximum atomic E-state index is 14.3. The number of rotatable bonds is 3. The molecule has 0 unspecified atom stereocenters. The molecule has 0 aromatic rings. The number of aliphatic hydroxyl groups excluding tert-OH is 1. The van der Waals surface area contributed by atoms with Crippen molar-refractivity contribution < 1.29 is 43.6 Å². The standard InChI is InChI=1S/C32H36O9/c1-12(27(36)39-5)22-23-25-30(4,26(35)24(22)34)19-9-20(19)31(25,38)10-21-29(3)15(6-14-7-17(14)29)8-18-16(11-40-13(2)33)28(37)41-32(18,21)23/h14-15,17,19-21,26,35,38H,6-11H2,1-5H3/b22-12+/t14-,15+,17+,19+,20-,21-,26-,29+,30-,31-,32-/m0/s1. The molecule has 41 heavy (non-hydrogen) atoms. The molecule has 0 radical (unpaired) electrons. The van der Waals surface area contributed by atoms with Gasteiger partial charge in [-0.3, -0.25) is 9.59 Å². The summed E-state index contributed by atoms with van der Waals surface area (Å²) in [7, 11) is 1.23. The van der Waals surface area contributed by atoms with Crippen LogP contribution < -0.4 is 0 Å². The lowest BCUT2D eigenvalue weighted by Gasteiger charge is -2.62. The van der Waals surface area contributed by atoms with Gasteiger partial charge in [0.25, 0.3) is 0 Å². The van der Waals surface area contributed by atoms with Crippen LogP contribution in [0.15, 0.2) is 33.4 Å². The molecule has 9 heteroatoms. The normalized spacial score (nSPS) is 50.7. The van der Waals surface area contributed by atoms with Crippen LogP contribution in [0.1, 0.15) is 59.8 Å². The molecule has 9 nitrogen and oxygen atoms in total. The van der Waals surface area contributed by atoms with Crippen LogP contribution in [-0.2, 0) is 33.4 Å². The summed E-state index contributed by atoms with van der Waals surface area (Å²) in [6, 6.07) is 0. The number of methoxy groups -OCH3 is 1. The number of esters is 3. The van der Waals surface area contributed by atoms with Crippen LogP contribution in [0, 0.1) is 46.3 Å². The van der Waals surface area contributed by atoms with Crippen LogP contribution >= 0.6 is 0 Å². The topological polar surface area (TPSA) is 136 Å². The zero-order valence-corrected chi connectivity index (χ0v) is 24.0. The van der Waals surface area contributed by atoms with Gasteiger partial charge in [0.05, 0.1) is 18.3 Å². The molecular weight excluding hydrogens is 528 g/mol. The highest BCUT2D eigenvalue weighted by Gasteiger charge is 2.83. The third-order valence-electron chi connectivity index (χ3n) is 13.1. The van der Waals surface area contributed by atoms with E-state index < -0.39 is 46.4 Å². The van der Waals surface area contributed by atoms with E-state index in [1.54, 1.807) is 0 Å². The van der Waals surface area contributed by atoms with E-state index in [1.807, 2.05) is 6.92 Å². The smallest absolute Gasteiger partial charge is 0.338 e. The number of hydrogen-bond acceptors (Lipinski definition) is 9. The first-order valence-corrected chi connectivity index (χ1v) is 14.9. The Kier molecular flexibility index (Phi) is 4.67. The first-order valence-electron chi connectivity index (χ1n) is 14.9. The van der Waals surface area contributed by atoms with E-state index in [4.69, 9.17) is 14.2 Å². The Hall–Kier alpha value is -2.78. The molecule has 0 bridgehead atoms. The minimum Gasteiger partial charge on any atom is -0.466 e. The lowest BCUT2D eigenvalue weighted by molar-refractivity contribution is -0.169. The summed E-state index contributed by atoms with van der Waals surface area (Å²) in [5.74, 6) is -1.79. The molecule has 0 amide bonds. The van der Waals surface area contributed by atoms with Gasteiger partial charge in [-0.2, -0.15) is 0 Å². The predicted molar refractivity (Wildman–Crippen MR) is 140 cm³/mol. The number of carbonyl (C=O) groups is 4. The van der Waals surface area contributed by atoms with Crippen molar-refractivity contribution in [2.75, 3.05) is 13.7 Å². The molecule has 11 atom stereocenters. The van der Waals surface area contributed by atoms with Crippen LogP contribution in [0.2, 0.25) is 0 Å². The van der Waals surface area contributed by atoms with Gasteiger partial charge in [-0.25, -0.2) is 9.59 Å². The van der Waals surface area contributed by atoms with E-state index in [0.717, 1.165) is 12.8 Å². The highest BCUT2D eigenvalue weighted by Crippen LogP contribution is 2.82. The summed E-state index contributed by atoms with van der Waals surface area (Å²) in [5, 5.41) is 24.4. The average Bonchev–Trinajstić information content (AvgIpc) is 3.82. The number of ketones is 1. The van der Waals surface area contributed by atoms with Crippen molar-refractivity contribution in [1.82, 2.24) is 0 Å². The van der Waals surface area contributed by atoms with E-state index in [0.29, 0.717) is 47.8 Å². The molecule has 8 rings (SSSR count).